The fourth-order valence-electron chi connectivity index (χ4n) is 1.40. The van der Waals surface area contributed by atoms with Crippen LogP contribution in [0.3, 0.4) is 0 Å². The van der Waals surface area contributed by atoms with E-state index in [9.17, 15) is 4.79 Å². The normalized spacial score (nSPS) is 17.8. The van der Waals surface area contributed by atoms with Gasteiger partial charge in [-0.1, -0.05) is 0 Å². The van der Waals surface area contributed by atoms with Crippen molar-refractivity contribution in [3.63, 3.8) is 0 Å². The van der Waals surface area contributed by atoms with Gasteiger partial charge in [0.25, 0.3) is 0 Å². The monoisotopic (exact) mass is 182 g/mol. The van der Waals surface area contributed by atoms with Crippen molar-refractivity contribution < 1.29 is 0 Å². The van der Waals surface area contributed by atoms with Crippen molar-refractivity contribution >= 4 is 0 Å². The molecule has 0 saturated carbocycles. The van der Waals surface area contributed by atoms with Gasteiger partial charge in [-0.05, 0) is 13.8 Å². The van der Waals surface area contributed by atoms with Gasteiger partial charge >= 0.3 is 5.69 Å². The number of hydrogen-bond acceptors (Lipinski definition) is 3. The van der Waals surface area contributed by atoms with E-state index in [2.05, 4.69) is 10.4 Å². The van der Waals surface area contributed by atoms with Crippen molar-refractivity contribution in [3.05, 3.63) is 16.8 Å². The molecule has 0 spiro atoms. The first-order chi connectivity index (χ1) is 6.20. The molecule has 0 amide bonds. The van der Waals surface area contributed by atoms with Gasteiger partial charge in [-0.25, -0.2) is 9.48 Å². The van der Waals surface area contributed by atoms with Crippen LogP contribution < -0.4 is 11.0 Å². The van der Waals surface area contributed by atoms with Crippen molar-refractivity contribution in [2.75, 3.05) is 13.1 Å². The molecule has 5 nitrogen and oxygen atoms in total. The van der Waals surface area contributed by atoms with E-state index in [0.717, 1.165) is 13.1 Å². The molecule has 1 saturated heterocycles. The Bertz CT molecular complexity index is 347. The Balaban J connectivity index is 2.32. The molecule has 0 aliphatic carbocycles. The summed E-state index contributed by atoms with van der Waals surface area (Å²) in [6, 6.07) is 0.446. The molecule has 0 aromatic carbocycles. The third-order valence-electron chi connectivity index (χ3n) is 2.36. The summed E-state index contributed by atoms with van der Waals surface area (Å²) in [4.78, 5) is 11.7. The third-order valence-corrected chi connectivity index (χ3v) is 2.36. The highest BCUT2D eigenvalue weighted by Gasteiger charge is 2.22. The summed E-state index contributed by atoms with van der Waals surface area (Å²) in [5.74, 6) is 0. The molecule has 0 bridgehead atoms. The van der Waals surface area contributed by atoms with Gasteiger partial charge in [-0.2, -0.15) is 5.10 Å². The van der Waals surface area contributed by atoms with E-state index in [1.807, 2.05) is 13.8 Å². The van der Waals surface area contributed by atoms with Crippen molar-refractivity contribution in [1.29, 1.82) is 0 Å². The zero-order chi connectivity index (χ0) is 9.42. The molecule has 1 aliphatic rings. The van der Waals surface area contributed by atoms with Crippen LogP contribution in [0.1, 0.15) is 25.9 Å². The largest absolute Gasteiger partial charge is 0.346 e. The van der Waals surface area contributed by atoms with Gasteiger partial charge in [-0.3, -0.25) is 4.57 Å². The number of nitrogens with zero attached hydrogens (tertiary/aromatic N) is 3. The minimum atomic E-state index is 0.00139. The maximum atomic E-state index is 11.7. The highest BCUT2D eigenvalue weighted by molar-refractivity contribution is 4.85. The van der Waals surface area contributed by atoms with E-state index < -0.39 is 0 Å². The topological polar surface area (TPSA) is 51.9 Å². The lowest BCUT2D eigenvalue weighted by atomic mass is 10.2. The molecule has 0 unspecified atom stereocenters. The molecule has 2 heterocycles. The second-order valence-electron chi connectivity index (χ2n) is 3.67. The van der Waals surface area contributed by atoms with E-state index in [-0.39, 0.29) is 11.7 Å². The molecular weight excluding hydrogens is 168 g/mol. The van der Waals surface area contributed by atoms with Gasteiger partial charge in [0.15, 0.2) is 0 Å². The predicted molar refractivity (Wildman–Crippen MR) is 48.8 cm³/mol. The van der Waals surface area contributed by atoms with Gasteiger partial charge < -0.3 is 5.32 Å². The SMILES string of the molecule is CC(C)n1ncn(C2CNC2)c1=O. The Morgan fingerprint density at radius 2 is 2.31 bits per heavy atom. The predicted octanol–water partition coefficient (Wildman–Crippen LogP) is -0.230. The first-order valence-electron chi connectivity index (χ1n) is 4.56. The van der Waals surface area contributed by atoms with Crippen molar-refractivity contribution in [1.82, 2.24) is 19.7 Å². The summed E-state index contributed by atoms with van der Waals surface area (Å²) in [5, 5.41) is 7.19. The molecule has 72 valence electrons. The molecule has 1 N–H and O–H groups in total. The van der Waals surface area contributed by atoms with E-state index in [4.69, 9.17) is 0 Å². The van der Waals surface area contributed by atoms with E-state index >= 15 is 0 Å². The van der Waals surface area contributed by atoms with Gasteiger partial charge in [0, 0.05) is 13.1 Å². The maximum absolute atomic E-state index is 11.7. The molecule has 0 radical (unpaired) electrons. The highest BCUT2D eigenvalue weighted by atomic mass is 16.2. The molecule has 5 heteroatoms. The Hall–Kier alpha value is -1.10. The first kappa shape index (κ1) is 8.50. The number of nitrogens with one attached hydrogen (secondary N) is 1. The van der Waals surface area contributed by atoms with E-state index in [1.165, 1.54) is 4.68 Å². The van der Waals surface area contributed by atoms with Crippen molar-refractivity contribution in [2.45, 2.75) is 25.9 Å². The van der Waals surface area contributed by atoms with Crippen LogP contribution >= 0.6 is 0 Å². The van der Waals surface area contributed by atoms with Crippen molar-refractivity contribution in [2.24, 2.45) is 0 Å². The molecule has 1 fully saturated rings. The van der Waals surface area contributed by atoms with Crippen LogP contribution in [0.5, 0.6) is 0 Å². The molecule has 13 heavy (non-hydrogen) atoms. The van der Waals surface area contributed by atoms with Gasteiger partial charge in [0.2, 0.25) is 0 Å². The lowest BCUT2D eigenvalue weighted by Gasteiger charge is -2.26. The molecule has 1 aromatic heterocycles. The fourth-order valence-corrected chi connectivity index (χ4v) is 1.40. The summed E-state index contributed by atoms with van der Waals surface area (Å²) >= 11 is 0. The summed E-state index contributed by atoms with van der Waals surface area (Å²) < 4.78 is 3.22. The second-order valence-corrected chi connectivity index (χ2v) is 3.67. The van der Waals surface area contributed by atoms with Gasteiger partial charge in [0.05, 0.1) is 12.1 Å². The van der Waals surface area contributed by atoms with Crippen LogP contribution in [0.25, 0.3) is 0 Å². The molecule has 1 aliphatic heterocycles. The van der Waals surface area contributed by atoms with Gasteiger partial charge in [-0.15, -0.1) is 0 Å². The number of hydrogen-bond donors (Lipinski definition) is 1. The lowest BCUT2D eigenvalue weighted by Crippen LogP contribution is -2.46. The number of rotatable bonds is 2. The maximum Gasteiger partial charge on any atom is 0.346 e. The van der Waals surface area contributed by atoms with Crippen LogP contribution in [0.2, 0.25) is 0 Å². The average Bonchev–Trinajstić information content (AvgIpc) is 2.29. The summed E-state index contributed by atoms with van der Waals surface area (Å²) in [7, 11) is 0. The standard InChI is InChI=1S/C8H14N4O/c1-6(2)12-8(13)11(5-10-12)7-3-9-4-7/h5-7,9H,3-4H2,1-2H3. The first-order valence-corrected chi connectivity index (χ1v) is 4.56. The fraction of sp³-hybridized carbons (Fsp3) is 0.750. The summed E-state index contributed by atoms with van der Waals surface area (Å²) in [5.41, 5.74) is 0.00139. The Morgan fingerprint density at radius 1 is 1.62 bits per heavy atom. The molecule has 2 rings (SSSR count). The Morgan fingerprint density at radius 3 is 2.69 bits per heavy atom. The quantitative estimate of drug-likeness (QED) is 0.687. The number of aromatic nitrogens is 3. The summed E-state index contributed by atoms with van der Waals surface area (Å²) in [6.45, 7) is 5.67. The van der Waals surface area contributed by atoms with Crippen LogP contribution in [0, 0.1) is 0 Å². The van der Waals surface area contributed by atoms with E-state index in [0.29, 0.717) is 6.04 Å². The van der Waals surface area contributed by atoms with Crippen LogP contribution in [-0.2, 0) is 0 Å². The Labute approximate surface area is 76.4 Å². The minimum Gasteiger partial charge on any atom is -0.313 e. The summed E-state index contributed by atoms with van der Waals surface area (Å²) in [6.07, 6.45) is 1.63. The molecule has 0 atom stereocenters. The zero-order valence-corrected chi connectivity index (χ0v) is 7.90. The van der Waals surface area contributed by atoms with E-state index in [1.54, 1.807) is 10.9 Å². The lowest BCUT2D eigenvalue weighted by molar-refractivity contribution is 0.332. The van der Waals surface area contributed by atoms with Crippen LogP contribution in [0.4, 0.5) is 0 Å². The smallest absolute Gasteiger partial charge is 0.313 e. The zero-order valence-electron chi connectivity index (χ0n) is 7.90. The molecular formula is C8H14N4O. The average molecular weight is 182 g/mol. The highest BCUT2D eigenvalue weighted by Crippen LogP contribution is 2.08. The van der Waals surface area contributed by atoms with Crippen molar-refractivity contribution in [3.8, 4) is 0 Å². The molecule has 1 aromatic rings. The minimum absolute atomic E-state index is 0.00139. The van der Waals surface area contributed by atoms with Crippen LogP contribution in [-0.4, -0.2) is 27.4 Å². The van der Waals surface area contributed by atoms with Crippen LogP contribution in [0.15, 0.2) is 11.1 Å². The second kappa shape index (κ2) is 2.99. The Kier molecular flexibility index (Phi) is 1.95. The van der Waals surface area contributed by atoms with Gasteiger partial charge in [0.1, 0.15) is 6.33 Å². The third kappa shape index (κ3) is 1.29.